The summed E-state index contributed by atoms with van der Waals surface area (Å²) in [6, 6.07) is 9.08. The minimum Gasteiger partial charge on any atom is -0.497 e. The normalized spacial score (nSPS) is 10.8. The average molecular weight is 372 g/mol. The topological polar surface area (TPSA) is 83.7 Å². The quantitative estimate of drug-likeness (QED) is 0.463. The lowest BCUT2D eigenvalue weighted by atomic mass is 10.2. The molecule has 0 spiro atoms. The SMILES string of the molecule is COc1cc(/C=C/C(=O)OCc2nc(-c3cccs3)no2)cc(OC)c1. The van der Waals surface area contributed by atoms with Gasteiger partial charge in [0.05, 0.1) is 19.1 Å². The van der Waals surface area contributed by atoms with Crippen LogP contribution in [0.1, 0.15) is 11.5 Å². The summed E-state index contributed by atoms with van der Waals surface area (Å²) in [5.74, 6) is 1.44. The highest BCUT2D eigenvalue weighted by molar-refractivity contribution is 7.13. The van der Waals surface area contributed by atoms with Gasteiger partial charge in [0, 0.05) is 12.1 Å². The number of nitrogens with zero attached hydrogens (tertiary/aromatic N) is 2. The maximum Gasteiger partial charge on any atom is 0.331 e. The standard InChI is InChI=1S/C18H16N2O5S/c1-22-13-8-12(9-14(10-13)23-2)5-6-17(21)24-11-16-19-18(20-25-16)15-4-3-7-26-15/h3-10H,11H2,1-2H3/b6-5+. The summed E-state index contributed by atoms with van der Waals surface area (Å²) >= 11 is 1.50. The van der Waals surface area contributed by atoms with E-state index in [0.717, 1.165) is 10.4 Å². The van der Waals surface area contributed by atoms with Crippen molar-refractivity contribution >= 4 is 23.4 Å². The van der Waals surface area contributed by atoms with Crippen molar-refractivity contribution in [1.29, 1.82) is 0 Å². The number of methoxy groups -OCH3 is 2. The van der Waals surface area contributed by atoms with Crippen LogP contribution in [0.4, 0.5) is 0 Å². The molecule has 3 aromatic rings. The minimum absolute atomic E-state index is 0.0943. The van der Waals surface area contributed by atoms with Crippen LogP contribution in [-0.4, -0.2) is 30.3 Å². The summed E-state index contributed by atoms with van der Waals surface area (Å²) in [6.07, 6.45) is 2.92. The van der Waals surface area contributed by atoms with Crippen LogP contribution in [0.2, 0.25) is 0 Å². The Morgan fingerprint density at radius 2 is 2.00 bits per heavy atom. The summed E-state index contributed by atoms with van der Waals surface area (Å²) in [4.78, 5) is 16.9. The van der Waals surface area contributed by atoms with Crippen molar-refractivity contribution in [2.24, 2.45) is 0 Å². The molecule has 7 nitrogen and oxygen atoms in total. The monoisotopic (exact) mass is 372 g/mol. The van der Waals surface area contributed by atoms with E-state index < -0.39 is 5.97 Å². The molecule has 2 heterocycles. The maximum atomic E-state index is 11.9. The molecule has 0 fully saturated rings. The first kappa shape index (κ1) is 17.7. The first-order valence-corrected chi connectivity index (χ1v) is 8.50. The minimum atomic E-state index is -0.525. The van der Waals surface area contributed by atoms with E-state index in [1.165, 1.54) is 17.4 Å². The smallest absolute Gasteiger partial charge is 0.331 e. The zero-order valence-electron chi connectivity index (χ0n) is 14.2. The molecule has 0 aliphatic rings. The van der Waals surface area contributed by atoms with Crippen molar-refractivity contribution < 1.29 is 23.5 Å². The molecule has 0 saturated carbocycles. The first-order valence-electron chi connectivity index (χ1n) is 7.62. The van der Waals surface area contributed by atoms with Gasteiger partial charge in [-0.05, 0) is 35.2 Å². The Balaban J connectivity index is 1.58. The van der Waals surface area contributed by atoms with Crippen LogP contribution in [0.25, 0.3) is 16.8 Å². The second-order valence-corrected chi connectivity index (χ2v) is 6.02. The molecule has 2 aromatic heterocycles. The summed E-state index contributed by atoms with van der Waals surface area (Å²) < 4.78 is 20.6. The molecular weight excluding hydrogens is 356 g/mol. The van der Waals surface area contributed by atoms with Crippen molar-refractivity contribution in [3.8, 4) is 22.2 Å². The number of benzene rings is 1. The van der Waals surface area contributed by atoms with E-state index in [-0.39, 0.29) is 12.5 Å². The third-order valence-electron chi connectivity index (χ3n) is 3.33. The second kappa shape index (κ2) is 8.30. The Labute approximate surface area is 153 Å². The van der Waals surface area contributed by atoms with Gasteiger partial charge in [-0.1, -0.05) is 11.2 Å². The van der Waals surface area contributed by atoms with Gasteiger partial charge in [-0.25, -0.2) is 4.79 Å². The number of rotatable bonds is 7. The lowest BCUT2D eigenvalue weighted by Crippen LogP contribution is -2.01. The molecule has 3 rings (SSSR count). The molecule has 134 valence electrons. The third-order valence-corrected chi connectivity index (χ3v) is 4.20. The molecule has 0 N–H and O–H groups in total. The van der Waals surface area contributed by atoms with Gasteiger partial charge in [-0.3, -0.25) is 0 Å². The van der Waals surface area contributed by atoms with Crippen LogP contribution in [0.3, 0.4) is 0 Å². The lowest BCUT2D eigenvalue weighted by molar-refractivity contribution is -0.139. The fraction of sp³-hybridized carbons (Fsp3) is 0.167. The number of carbonyl (C=O) groups is 1. The van der Waals surface area contributed by atoms with Gasteiger partial charge in [0.15, 0.2) is 6.61 Å². The molecule has 26 heavy (non-hydrogen) atoms. The van der Waals surface area contributed by atoms with Crippen LogP contribution in [0.5, 0.6) is 11.5 Å². The van der Waals surface area contributed by atoms with Crippen LogP contribution >= 0.6 is 11.3 Å². The fourth-order valence-electron chi connectivity index (χ4n) is 2.09. The Hall–Kier alpha value is -3.13. The zero-order chi connectivity index (χ0) is 18.4. The van der Waals surface area contributed by atoms with E-state index in [1.54, 1.807) is 38.5 Å². The first-order chi connectivity index (χ1) is 12.7. The van der Waals surface area contributed by atoms with Gasteiger partial charge < -0.3 is 18.7 Å². The van der Waals surface area contributed by atoms with Gasteiger partial charge in [0.1, 0.15) is 11.5 Å². The van der Waals surface area contributed by atoms with Gasteiger partial charge in [-0.2, -0.15) is 4.98 Å². The zero-order valence-corrected chi connectivity index (χ0v) is 15.0. The average Bonchev–Trinajstić information content (AvgIpc) is 3.35. The van der Waals surface area contributed by atoms with E-state index in [9.17, 15) is 4.79 Å². The van der Waals surface area contributed by atoms with E-state index in [4.69, 9.17) is 18.7 Å². The molecule has 0 amide bonds. The molecule has 1 aromatic carbocycles. The summed E-state index contributed by atoms with van der Waals surface area (Å²) in [5.41, 5.74) is 0.746. The van der Waals surface area contributed by atoms with Gasteiger partial charge >= 0.3 is 5.97 Å². The fourth-order valence-corrected chi connectivity index (χ4v) is 2.74. The lowest BCUT2D eigenvalue weighted by Gasteiger charge is -2.05. The summed E-state index contributed by atoms with van der Waals surface area (Å²) in [7, 11) is 3.12. The van der Waals surface area contributed by atoms with Crippen molar-refractivity contribution in [3.05, 3.63) is 53.2 Å². The van der Waals surface area contributed by atoms with Crippen LogP contribution in [0, 0.1) is 0 Å². The van der Waals surface area contributed by atoms with Crippen molar-refractivity contribution in [2.45, 2.75) is 6.61 Å². The number of carbonyl (C=O) groups excluding carboxylic acids is 1. The number of thiophene rings is 1. The van der Waals surface area contributed by atoms with Crippen LogP contribution in [-0.2, 0) is 16.1 Å². The Morgan fingerprint density at radius 3 is 2.65 bits per heavy atom. The van der Waals surface area contributed by atoms with Gasteiger partial charge in [-0.15, -0.1) is 11.3 Å². The van der Waals surface area contributed by atoms with E-state index in [0.29, 0.717) is 17.3 Å². The molecular formula is C18H16N2O5S. The van der Waals surface area contributed by atoms with Crippen LogP contribution in [0.15, 0.2) is 46.3 Å². The Kier molecular flexibility index (Phi) is 5.65. The number of hydrogen-bond donors (Lipinski definition) is 0. The number of esters is 1. The van der Waals surface area contributed by atoms with E-state index >= 15 is 0 Å². The number of ether oxygens (including phenoxy) is 3. The molecule has 0 aliphatic heterocycles. The second-order valence-electron chi connectivity index (χ2n) is 5.08. The molecule has 8 heteroatoms. The Bertz CT molecular complexity index is 880. The molecule has 0 bridgehead atoms. The van der Waals surface area contributed by atoms with E-state index in [1.807, 2.05) is 17.5 Å². The predicted octanol–water partition coefficient (Wildman–Crippen LogP) is 3.57. The Morgan fingerprint density at radius 1 is 1.23 bits per heavy atom. The molecule has 0 saturated heterocycles. The summed E-state index contributed by atoms with van der Waals surface area (Å²) in [5, 5.41) is 5.78. The highest BCUT2D eigenvalue weighted by Gasteiger charge is 2.10. The van der Waals surface area contributed by atoms with Crippen LogP contribution < -0.4 is 9.47 Å². The number of aromatic nitrogens is 2. The van der Waals surface area contributed by atoms with Gasteiger partial charge in [0.25, 0.3) is 5.89 Å². The van der Waals surface area contributed by atoms with Gasteiger partial charge in [0.2, 0.25) is 5.82 Å². The van der Waals surface area contributed by atoms with Crippen molar-refractivity contribution in [1.82, 2.24) is 10.1 Å². The predicted molar refractivity (Wildman–Crippen MR) is 96.0 cm³/mol. The summed E-state index contributed by atoms with van der Waals surface area (Å²) in [6.45, 7) is -0.0943. The maximum absolute atomic E-state index is 11.9. The van der Waals surface area contributed by atoms with E-state index in [2.05, 4.69) is 10.1 Å². The molecule has 0 atom stereocenters. The molecule has 0 radical (unpaired) electrons. The number of hydrogen-bond acceptors (Lipinski definition) is 8. The van der Waals surface area contributed by atoms with Crippen molar-refractivity contribution in [3.63, 3.8) is 0 Å². The molecule has 0 aliphatic carbocycles. The highest BCUT2D eigenvalue weighted by Crippen LogP contribution is 2.23. The largest absolute Gasteiger partial charge is 0.497 e. The molecule has 0 unspecified atom stereocenters. The highest BCUT2D eigenvalue weighted by atomic mass is 32.1. The van der Waals surface area contributed by atoms with Crippen molar-refractivity contribution in [2.75, 3.05) is 14.2 Å². The third kappa shape index (κ3) is 4.48.